The lowest BCUT2D eigenvalue weighted by atomic mass is 10.1. The highest BCUT2D eigenvalue weighted by Crippen LogP contribution is 2.25. The number of nitrogens with zero attached hydrogens (tertiary/aromatic N) is 2. The number of aromatic nitrogens is 1. The van der Waals surface area contributed by atoms with Gasteiger partial charge in [-0.1, -0.05) is 17.4 Å². The van der Waals surface area contributed by atoms with Gasteiger partial charge in [-0.15, -0.1) is 0 Å². The molecular formula is C14H17N3OS. The van der Waals surface area contributed by atoms with Gasteiger partial charge in [-0.05, 0) is 37.0 Å². The fraction of sp³-hybridized carbons (Fsp3) is 0.429. The Morgan fingerprint density at radius 2 is 2.11 bits per heavy atom. The third kappa shape index (κ3) is 2.71. The van der Waals surface area contributed by atoms with E-state index in [0.717, 1.165) is 41.7 Å². The van der Waals surface area contributed by atoms with Crippen LogP contribution in [0.15, 0.2) is 18.2 Å². The van der Waals surface area contributed by atoms with Gasteiger partial charge in [0.25, 0.3) is 0 Å². The molecule has 1 aliphatic heterocycles. The van der Waals surface area contributed by atoms with Crippen LogP contribution in [-0.2, 0) is 11.2 Å². The molecule has 2 heterocycles. The summed E-state index contributed by atoms with van der Waals surface area (Å²) >= 11 is 1.47. The average molecular weight is 275 g/mol. The molecule has 0 spiro atoms. The summed E-state index contributed by atoms with van der Waals surface area (Å²) in [6.07, 6.45) is 4.00. The molecule has 4 nitrogen and oxygen atoms in total. The maximum Gasteiger partial charge on any atom is 0.226 e. The Morgan fingerprint density at radius 1 is 1.32 bits per heavy atom. The van der Waals surface area contributed by atoms with Gasteiger partial charge in [0, 0.05) is 13.1 Å². The maximum absolute atomic E-state index is 12.2. The molecule has 0 unspecified atom stereocenters. The number of nitrogen functional groups attached to an aromatic ring is 1. The number of hydrogen-bond donors (Lipinski definition) is 1. The van der Waals surface area contributed by atoms with Crippen LogP contribution in [0.5, 0.6) is 0 Å². The van der Waals surface area contributed by atoms with Crippen molar-refractivity contribution in [3.8, 4) is 0 Å². The number of carbonyl (C=O) groups is 1. The van der Waals surface area contributed by atoms with Crippen molar-refractivity contribution >= 4 is 32.6 Å². The summed E-state index contributed by atoms with van der Waals surface area (Å²) < 4.78 is 1.06. The SMILES string of the molecule is Nc1nc2ccc(CC(=O)N3CCCCC3)cc2s1. The molecule has 0 saturated carbocycles. The number of amides is 1. The molecule has 1 fully saturated rings. The molecule has 2 aromatic rings. The molecule has 3 rings (SSSR count). The average Bonchev–Trinajstić information content (AvgIpc) is 2.79. The number of hydrogen-bond acceptors (Lipinski definition) is 4. The van der Waals surface area contributed by atoms with Gasteiger partial charge < -0.3 is 10.6 Å². The van der Waals surface area contributed by atoms with Crippen molar-refractivity contribution in [2.45, 2.75) is 25.7 Å². The minimum atomic E-state index is 0.233. The van der Waals surface area contributed by atoms with Crippen molar-refractivity contribution in [3.05, 3.63) is 23.8 Å². The Balaban J connectivity index is 1.74. The second-order valence-corrected chi connectivity index (χ2v) is 6.03. The van der Waals surface area contributed by atoms with Crippen LogP contribution >= 0.6 is 11.3 Å². The molecule has 1 aromatic heterocycles. The highest BCUT2D eigenvalue weighted by Gasteiger charge is 2.16. The van der Waals surface area contributed by atoms with E-state index in [1.165, 1.54) is 17.8 Å². The Hall–Kier alpha value is -1.62. The Labute approximate surface area is 116 Å². The predicted molar refractivity (Wildman–Crippen MR) is 78.2 cm³/mol. The van der Waals surface area contributed by atoms with Crippen molar-refractivity contribution < 1.29 is 4.79 Å². The van der Waals surface area contributed by atoms with Gasteiger partial charge >= 0.3 is 0 Å². The number of thiazole rings is 1. The van der Waals surface area contributed by atoms with Gasteiger partial charge in [-0.25, -0.2) is 4.98 Å². The summed E-state index contributed by atoms with van der Waals surface area (Å²) in [5, 5.41) is 0.578. The molecule has 100 valence electrons. The highest BCUT2D eigenvalue weighted by atomic mass is 32.1. The van der Waals surface area contributed by atoms with Gasteiger partial charge in [0.1, 0.15) is 0 Å². The van der Waals surface area contributed by atoms with E-state index in [4.69, 9.17) is 5.73 Å². The second-order valence-electron chi connectivity index (χ2n) is 4.97. The number of nitrogens with two attached hydrogens (primary N) is 1. The van der Waals surface area contributed by atoms with E-state index in [1.807, 2.05) is 23.1 Å². The van der Waals surface area contributed by atoms with Crippen molar-refractivity contribution in [1.29, 1.82) is 0 Å². The number of fused-ring (bicyclic) bond motifs is 1. The van der Waals surface area contributed by atoms with E-state index in [1.54, 1.807) is 0 Å². The van der Waals surface area contributed by atoms with Crippen LogP contribution in [0.2, 0.25) is 0 Å². The monoisotopic (exact) mass is 275 g/mol. The normalized spacial score (nSPS) is 15.9. The molecule has 1 saturated heterocycles. The van der Waals surface area contributed by atoms with Crippen LogP contribution in [0.3, 0.4) is 0 Å². The van der Waals surface area contributed by atoms with Gasteiger partial charge in [0.15, 0.2) is 5.13 Å². The lowest BCUT2D eigenvalue weighted by Gasteiger charge is -2.26. The summed E-state index contributed by atoms with van der Waals surface area (Å²) in [5.41, 5.74) is 7.65. The molecular weight excluding hydrogens is 258 g/mol. The standard InChI is InChI=1S/C14H17N3OS/c15-14-16-11-5-4-10(8-12(11)19-14)9-13(18)17-6-2-1-3-7-17/h4-5,8H,1-3,6-7,9H2,(H2,15,16). The number of benzene rings is 1. The molecule has 1 aliphatic rings. The molecule has 0 bridgehead atoms. The van der Waals surface area contributed by atoms with Crippen LogP contribution in [0, 0.1) is 0 Å². The number of piperidine rings is 1. The fourth-order valence-electron chi connectivity index (χ4n) is 2.53. The Morgan fingerprint density at radius 3 is 2.89 bits per heavy atom. The molecule has 5 heteroatoms. The minimum absolute atomic E-state index is 0.233. The van der Waals surface area contributed by atoms with E-state index in [2.05, 4.69) is 4.98 Å². The summed E-state index contributed by atoms with van der Waals surface area (Å²) in [5.74, 6) is 0.233. The number of likely N-dealkylation sites (tertiary alicyclic amines) is 1. The van der Waals surface area contributed by atoms with E-state index < -0.39 is 0 Å². The Bertz CT molecular complexity index is 602. The zero-order valence-electron chi connectivity index (χ0n) is 10.8. The first-order chi connectivity index (χ1) is 9.22. The van der Waals surface area contributed by atoms with Crippen LogP contribution in [0.1, 0.15) is 24.8 Å². The fourth-order valence-corrected chi connectivity index (χ4v) is 3.32. The third-order valence-electron chi connectivity index (χ3n) is 3.53. The quantitative estimate of drug-likeness (QED) is 0.915. The van der Waals surface area contributed by atoms with Crippen molar-refractivity contribution in [2.24, 2.45) is 0 Å². The van der Waals surface area contributed by atoms with Gasteiger partial charge in [-0.3, -0.25) is 4.79 Å². The van der Waals surface area contributed by atoms with Gasteiger partial charge in [0.05, 0.1) is 16.6 Å². The summed E-state index contributed by atoms with van der Waals surface area (Å²) in [4.78, 5) is 18.4. The molecule has 0 atom stereocenters. The van der Waals surface area contributed by atoms with E-state index in [0.29, 0.717) is 11.6 Å². The first-order valence-corrected chi connectivity index (χ1v) is 7.47. The molecule has 19 heavy (non-hydrogen) atoms. The van der Waals surface area contributed by atoms with E-state index >= 15 is 0 Å². The van der Waals surface area contributed by atoms with Crippen LogP contribution in [-0.4, -0.2) is 28.9 Å². The van der Waals surface area contributed by atoms with Crippen molar-refractivity contribution in [3.63, 3.8) is 0 Å². The topological polar surface area (TPSA) is 59.2 Å². The van der Waals surface area contributed by atoms with Crippen LogP contribution < -0.4 is 5.73 Å². The maximum atomic E-state index is 12.2. The van der Waals surface area contributed by atoms with Crippen LogP contribution in [0.25, 0.3) is 10.2 Å². The van der Waals surface area contributed by atoms with E-state index in [9.17, 15) is 4.79 Å². The summed E-state index contributed by atoms with van der Waals surface area (Å²) in [6.45, 7) is 1.82. The smallest absolute Gasteiger partial charge is 0.226 e. The Kier molecular flexibility index (Phi) is 3.38. The second kappa shape index (κ2) is 5.17. The lowest BCUT2D eigenvalue weighted by Crippen LogP contribution is -2.36. The molecule has 0 radical (unpaired) electrons. The number of carbonyl (C=O) groups excluding carboxylic acids is 1. The molecule has 1 aromatic carbocycles. The molecule has 0 aliphatic carbocycles. The lowest BCUT2D eigenvalue weighted by molar-refractivity contribution is -0.131. The predicted octanol–water partition coefficient (Wildman–Crippen LogP) is 2.43. The summed E-state index contributed by atoms with van der Waals surface area (Å²) in [7, 11) is 0. The first-order valence-electron chi connectivity index (χ1n) is 6.65. The van der Waals surface area contributed by atoms with Crippen molar-refractivity contribution in [2.75, 3.05) is 18.8 Å². The zero-order valence-corrected chi connectivity index (χ0v) is 11.6. The summed E-state index contributed by atoms with van der Waals surface area (Å²) in [6, 6.07) is 5.95. The largest absolute Gasteiger partial charge is 0.375 e. The number of anilines is 1. The first kappa shape index (κ1) is 12.4. The molecule has 2 N–H and O–H groups in total. The van der Waals surface area contributed by atoms with E-state index in [-0.39, 0.29) is 5.91 Å². The zero-order chi connectivity index (χ0) is 13.2. The molecule has 1 amide bonds. The number of rotatable bonds is 2. The van der Waals surface area contributed by atoms with Gasteiger partial charge in [0.2, 0.25) is 5.91 Å². The van der Waals surface area contributed by atoms with Crippen molar-refractivity contribution in [1.82, 2.24) is 9.88 Å². The van der Waals surface area contributed by atoms with Crippen LogP contribution in [0.4, 0.5) is 5.13 Å². The van der Waals surface area contributed by atoms with Gasteiger partial charge in [-0.2, -0.15) is 0 Å². The minimum Gasteiger partial charge on any atom is -0.375 e. The third-order valence-corrected chi connectivity index (χ3v) is 4.38. The highest BCUT2D eigenvalue weighted by molar-refractivity contribution is 7.22.